The van der Waals surface area contributed by atoms with E-state index in [1.807, 2.05) is 0 Å². The maximum Gasteiger partial charge on any atom is 0.286 e. The first kappa shape index (κ1) is 22.1. The summed E-state index contributed by atoms with van der Waals surface area (Å²) in [6, 6.07) is 0. The lowest BCUT2D eigenvalue weighted by Crippen LogP contribution is -2.60. The molecule has 0 aromatic carbocycles. The van der Waals surface area contributed by atoms with E-state index in [2.05, 4.69) is 11.9 Å². The van der Waals surface area contributed by atoms with Crippen molar-refractivity contribution in [3.8, 4) is 0 Å². The van der Waals surface area contributed by atoms with Gasteiger partial charge in [0.05, 0.1) is 18.4 Å². The molecule has 13 heteroatoms. The second kappa shape index (κ2) is 8.28. The van der Waals surface area contributed by atoms with Crippen molar-refractivity contribution >= 4 is 16.0 Å². The van der Waals surface area contributed by atoms with E-state index in [4.69, 9.17) is 14.2 Å². The maximum atomic E-state index is 12.2. The van der Waals surface area contributed by atoms with Gasteiger partial charge in [-0.05, 0) is 6.42 Å². The Morgan fingerprint density at radius 3 is 2.52 bits per heavy atom. The SMILES string of the molecule is C=CC1C(OC2OC(CO)C(O)C(O)C2O)OC=C2C(=O)NC(S(=O)(=O)O)CC21. The number of aliphatic hydroxyl groups is 4. The van der Waals surface area contributed by atoms with Gasteiger partial charge in [-0.1, -0.05) is 6.08 Å². The van der Waals surface area contributed by atoms with Gasteiger partial charge >= 0.3 is 0 Å². The van der Waals surface area contributed by atoms with E-state index in [9.17, 15) is 38.2 Å². The van der Waals surface area contributed by atoms with E-state index in [-0.39, 0.29) is 12.0 Å². The minimum Gasteiger partial charge on any atom is -0.471 e. The van der Waals surface area contributed by atoms with Crippen molar-refractivity contribution in [2.75, 3.05) is 6.61 Å². The quantitative estimate of drug-likeness (QED) is 0.192. The fourth-order valence-corrected chi connectivity index (χ4v) is 4.35. The van der Waals surface area contributed by atoms with Crippen LogP contribution in [-0.2, 0) is 29.1 Å². The largest absolute Gasteiger partial charge is 0.471 e. The van der Waals surface area contributed by atoms with Gasteiger partial charge < -0.3 is 40.0 Å². The molecule has 9 atom stereocenters. The van der Waals surface area contributed by atoms with E-state index in [0.717, 1.165) is 6.26 Å². The third-order valence-corrected chi connectivity index (χ3v) is 6.31. The van der Waals surface area contributed by atoms with Crippen LogP contribution in [0.3, 0.4) is 0 Å². The number of ether oxygens (including phenoxy) is 3. The van der Waals surface area contributed by atoms with E-state index >= 15 is 0 Å². The van der Waals surface area contributed by atoms with E-state index < -0.39 is 76.8 Å². The van der Waals surface area contributed by atoms with Crippen molar-refractivity contribution in [1.82, 2.24) is 5.32 Å². The zero-order chi connectivity index (χ0) is 21.5. The zero-order valence-electron chi connectivity index (χ0n) is 15.1. The number of hydrogen-bond donors (Lipinski definition) is 6. The molecule has 29 heavy (non-hydrogen) atoms. The fraction of sp³-hybridized carbons (Fsp3) is 0.688. The van der Waals surface area contributed by atoms with Crippen molar-refractivity contribution in [3.05, 3.63) is 24.5 Å². The molecule has 3 rings (SSSR count). The summed E-state index contributed by atoms with van der Waals surface area (Å²) in [5.74, 6) is -2.25. The van der Waals surface area contributed by atoms with Crippen molar-refractivity contribution < 1.29 is 52.4 Å². The minimum absolute atomic E-state index is 0.128. The Morgan fingerprint density at radius 2 is 1.93 bits per heavy atom. The minimum atomic E-state index is -4.55. The molecule has 0 spiro atoms. The second-order valence-corrected chi connectivity index (χ2v) is 8.64. The highest BCUT2D eigenvalue weighted by atomic mass is 32.2. The zero-order valence-corrected chi connectivity index (χ0v) is 15.9. The van der Waals surface area contributed by atoms with Crippen LogP contribution in [0.1, 0.15) is 6.42 Å². The van der Waals surface area contributed by atoms with Crippen molar-refractivity contribution in [2.24, 2.45) is 11.8 Å². The highest BCUT2D eigenvalue weighted by Gasteiger charge is 2.49. The van der Waals surface area contributed by atoms with Crippen molar-refractivity contribution in [3.63, 3.8) is 0 Å². The van der Waals surface area contributed by atoms with Crippen LogP contribution >= 0.6 is 0 Å². The molecular formula is C16H23NO11S. The molecule has 2 fully saturated rings. The first-order chi connectivity index (χ1) is 13.6. The summed E-state index contributed by atoms with van der Waals surface area (Å²) in [4.78, 5) is 12.2. The molecule has 9 unspecified atom stereocenters. The summed E-state index contributed by atoms with van der Waals surface area (Å²) >= 11 is 0. The molecule has 164 valence electrons. The van der Waals surface area contributed by atoms with Gasteiger partial charge in [0.1, 0.15) is 24.4 Å². The van der Waals surface area contributed by atoms with Gasteiger partial charge in [-0.2, -0.15) is 8.42 Å². The summed E-state index contributed by atoms with van der Waals surface area (Å²) in [7, 11) is -4.55. The summed E-state index contributed by atoms with van der Waals surface area (Å²) in [5, 5.41) is 39.7. The number of fused-ring (bicyclic) bond motifs is 1. The maximum absolute atomic E-state index is 12.2. The van der Waals surface area contributed by atoms with Gasteiger partial charge in [0.15, 0.2) is 11.7 Å². The Hall–Kier alpha value is -1.58. The third kappa shape index (κ3) is 4.18. The molecule has 0 radical (unpaired) electrons. The van der Waals surface area contributed by atoms with Crippen LogP contribution in [0.4, 0.5) is 0 Å². The van der Waals surface area contributed by atoms with Crippen LogP contribution in [0.15, 0.2) is 24.5 Å². The highest BCUT2D eigenvalue weighted by molar-refractivity contribution is 7.86. The van der Waals surface area contributed by atoms with Crippen molar-refractivity contribution in [2.45, 2.75) is 48.8 Å². The average molecular weight is 437 g/mol. The highest BCUT2D eigenvalue weighted by Crippen LogP contribution is 2.39. The second-order valence-electron chi connectivity index (χ2n) is 7.04. The molecule has 0 aromatic heterocycles. The number of piperidine rings is 1. The van der Waals surface area contributed by atoms with Crippen LogP contribution in [-0.4, -0.2) is 88.3 Å². The molecular weight excluding hydrogens is 414 g/mol. The van der Waals surface area contributed by atoms with Crippen LogP contribution < -0.4 is 5.32 Å². The molecule has 0 aromatic rings. The van der Waals surface area contributed by atoms with Crippen LogP contribution in [0.25, 0.3) is 0 Å². The molecule has 0 saturated carbocycles. The first-order valence-electron chi connectivity index (χ1n) is 8.79. The normalized spacial score (nSPS) is 42.9. The lowest BCUT2D eigenvalue weighted by molar-refractivity contribution is -0.339. The number of nitrogens with one attached hydrogen (secondary N) is 1. The van der Waals surface area contributed by atoms with Gasteiger partial charge in [-0.3, -0.25) is 9.35 Å². The number of aliphatic hydroxyl groups excluding tert-OH is 4. The molecule has 2 saturated heterocycles. The Bertz CT molecular complexity index is 782. The van der Waals surface area contributed by atoms with Gasteiger partial charge in [0, 0.05) is 11.8 Å². The smallest absolute Gasteiger partial charge is 0.286 e. The molecule has 3 aliphatic heterocycles. The Morgan fingerprint density at radius 1 is 1.24 bits per heavy atom. The number of rotatable bonds is 5. The Kier molecular flexibility index (Phi) is 6.31. The van der Waals surface area contributed by atoms with E-state index in [1.165, 1.54) is 6.08 Å². The van der Waals surface area contributed by atoms with Crippen molar-refractivity contribution in [1.29, 1.82) is 0 Å². The molecule has 0 bridgehead atoms. The molecule has 1 amide bonds. The number of hydrogen-bond acceptors (Lipinski definition) is 10. The van der Waals surface area contributed by atoms with Gasteiger partial charge in [-0.25, -0.2) is 0 Å². The number of carbonyl (C=O) groups excluding carboxylic acids is 1. The van der Waals surface area contributed by atoms with Crippen LogP contribution in [0.5, 0.6) is 0 Å². The topological polar surface area (TPSA) is 192 Å². The molecule has 12 nitrogen and oxygen atoms in total. The summed E-state index contributed by atoms with van der Waals surface area (Å²) in [6.45, 7) is 3.00. The van der Waals surface area contributed by atoms with E-state index in [1.54, 1.807) is 0 Å². The lowest BCUT2D eigenvalue weighted by atomic mass is 9.79. The molecule has 0 aliphatic carbocycles. The molecule has 3 aliphatic rings. The van der Waals surface area contributed by atoms with Gasteiger partial charge in [0.2, 0.25) is 6.29 Å². The number of amides is 1. The standard InChI is InChI=1S/C16H23NO11S/c1-2-6-7-3-10(29(23,24)25)17-14(22)8(7)5-26-15(6)28-16-13(21)12(20)11(19)9(4-18)27-16/h2,5-7,9-13,15-16,18-21H,1,3-4H2,(H,17,22)(H,23,24,25). The van der Waals surface area contributed by atoms with E-state index in [0.29, 0.717) is 0 Å². The van der Waals surface area contributed by atoms with Gasteiger partial charge in [-0.15, -0.1) is 6.58 Å². The monoisotopic (exact) mass is 437 g/mol. The van der Waals surface area contributed by atoms with Crippen LogP contribution in [0.2, 0.25) is 0 Å². The summed E-state index contributed by atoms with van der Waals surface area (Å²) in [6.07, 6.45) is -6.52. The predicted molar refractivity (Wildman–Crippen MR) is 93.1 cm³/mol. The van der Waals surface area contributed by atoms with Gasteiger partial charge in [0.25, 0.3) is 16.0 Å². The predicted octanol–water partition coefficient (Wildman–Crippen LogP) is -2.80. The number of carbonyl (C=O) groups is 1. The Labute approximate surface area is 166 Å². The average Bonchev–Trinajstić information content (AvgIpc) is 2.67. The lowest BCUT2D eigenvalue weighted by Gasteiger charge is -2.44. The molecule has 3 heterocycles. The third-order valence-electron chi connectivity index (χ3n) is 5.28. The molecule has 6 N–H and O–H groups in total. The Balaban J connectivity index is 1.81. The first-order valence-corrected chi connectivity index (χ1v) is 10.3. The fourth-order valence-electron chi connectivity index (χ4n) is 3.65. The summed E-state index contributed by atoms with van der Waals surface area (Å²) in [5.41, 5.74) is 0.128. The van der Waals surface area contributed by atoms with Crippen LogP contribution in [0, 0.1) is 11.8 Å². The summed E-state index contributed by atoms with van der Waals surface area (Å²) < 4.78 is 48.5.